The first-order chi connectivity index (χ1) is 8.69. The number of hydrogen-bond donors (Lipinski definition) is 1. The quantitative estimate of drug-likeness (QED) is 0.879. The number of nitrogens with zero attached hydrogens (tertiary/aromatic N) is 1. The zero-order valence-corrected chi connectivity index (χ0v) is 11.0. The summed E-state index contributed by atoms with van der Waals surface area (Å²) >= 11 is 0. The first-order valence-electron chi connectivity index (χ1n) is 6.29. The summed E-state index contributed by atoms with van der Waals surface area (Å²) in [5, 5.41) is 3.26. The van der Waals surface area contributed by atoms with E-state index in [1.54, 1.807) is 19.1 Å². The summed E-state index contributed by atoms with van der Waals surface area (Å²) in [6.07, 6.45) is 1.44. The van der Waals surface area contributed by atoms with Gasteiger partial charge in [-0.15, -0.1) is 0 Å². The van der Waals surface area contributed by atoms with Gasteiger partial charge in [0.2, 0.25) is 0 Å². The lowest BCUT2D eigenvalue weighted by Crippen LogP contribution is -2.54. The molecule has 1 amide bonds. The summed E-state index contributed by atoms with van der Waals surface area (Å²) in [5.74, 6) is 0.0395. The van der Waals surface area contributed by atoms with E-state index < -0.39 is 5.60 Å². The van der Waals surface area contributed by atoms with E-state index >= 15 is 0 Å². The van der Waals surface area contributed by atoms with Gasteiger partial charge in [-0.2, -0.15) is 0 Å². The van der Waals surface area contributed by atoms with Crippen LogP contribution in [0.5, 0.6) is 0 Å². The maximum Gasteiger partial charge on any atom is 0.259 e. The summed E-state index contributed by atoms with van der Waals surface area (Å²) in [6.45, 7) is 1.64. The normalized spacial score (nSPS) is 18.3. The Morgan fingerprint density at radius 1 is 1.28 bits per heavy atom. The molecule has 0 unspecified atom stereocenters. The molecule has 1 heterocycles. The molecule has 1 aliphatic rings. The minimum Gasteiger partial charge on any atom is -0.368 e. The fraction of sp³-hybridized carbons (Fsp3) is 0.500. The molecule has 0 aromatic heterocycles. The highest BCUT2D eigenvalue weighted by Gasteiger charge is 2.41. The highest BCUT2D eigenvalue weighted by molar-refractivity contribution is 5.99. The van der Waals surface area contributed by atoms with Gasteiger partial charge in [0.15, 0.2) is 0 Å². The lowest BCUT2D eigenvalue weighted by molar-refractivity contribution is -0.143. The molecule has 18 heavy (non-hydrogen) atoms. The Morgan fingerprint density at radius 3 is 2.44 bits per heavy atom. The molecule has 0 radical (unpaired) electrons. The molecule has 1 aromatic carbocycles. The Morgan fingerprint density at radius 2 is 1.89 bits per heavy atom. The van der Waals surface area contributed by atoms with Crippen LogP contribution in [0.25, 0.3) is 0 Å². The molecule has 1 saturated heterocycles. The van der Waals surface area contributed by atoms with Crippen molar-refractivity contribution in [1.29, 1.82) is 0 Å². The number of methoxy groups -OCH3 is 1. The summed E-state index contributed by atoms with van der Waals surface area (Å²) in [6, 6.07) is 9.67. The highest BCUT2D eigenvalue weighted by Crippen LogP contribution is 2.27. The predicted molar refractivity (Wildman–Crippen MR) is 71.7 cm³/mol. The van der Waals surface area contributed by atoms with Crippen LogP contribution in [0.1, 0.15) is 12.8 Å². The lowest BCUT2D eigenvalue weighted by atomic mass is 9.90. The molecule has 0 aliphatic carbocycles. The second-order valence-electron chi connectivity index (χ2n) is 4.65. The van der Waals surface area contributed by atoms with Crippen LogP contribution in [0.3, 0.4) is 0 Å². The number of hydrogen-bond acceptors (Lipinski definition) is 3. The number of carbonyl (C=O) groups is 1. The Kier molecular flexibility index (Phi) is 3.99. The molecule has 1 fully saturated rings. The van der Waals surface area contributed by atoms with Gasteiger partial charge in [-0.1, -0.05) is 18.2 Å². The summed E-state index contributed by atoms with van der Waals surface area (Å²) in [7, 11) is 3.43. The van der Waals surface area contributed by atoms with Gasteiger partial charge < -0.3 is 15.0 Å². The zero-order chi connectivity index (χ0) is 13.0. The van der Waals surface area contributed by atoms with Crippen LogP contribution < -0.4 is 10.2 Å². The van der Waals surface area contributed by atoms with Crippen molar-refractivity contribution in [2.45, 2.75) is 18.4 Å². The smallest absolute Gasteiger partial charge is 0.259 e. The lowest BCUT2D eigenvalue weighted by Gasteiger charge is -2.37. The number of amides is 1. The van der Waals surface area contributed by atoms with Gasteiger partial charge in [0, 0.05) is 19.8 Å². The fourth-order valence-corrected chi connectivity index (χ4v) is 2.41. The van der Waals surface area contributed by atoms with E-state index in [4.69, 9.17) is 4.74 Å². The third kappa shape index (κ3) is 2.40. The second kappa shape index (κ2) is 5.50. The molecule has 98 valence electrons. The second-order valence-corrected chi connectivity index (χ2v) is 4.65. The number of anilines is 1. The van der Waals surface area contributed by atoms with Gasteiger partial charge >= 0.3 is 0 Å². The number of ether oxygens (including phenoxy) is 1. The summed E-state index contributed by atoms with van der Waals surface area (Å²) in [5.41, 5.74) is 0.230. The Balaban J connectivity index is 2.19. The van der Waals surface area contributed by atoms with E-state index in [9.17, 15) is 4.79 Å². The molecule has 1 N–H and O–H groups in total. The number of benzene rings is 1. The molecular weight excluding hydrogens is 228 g/mol. The number of carbonyl (C=O) groups excluding carboxylic acids is 1. The van der Waals surface area contributed by atoms with Crippen LogP contribution in [-0.2, 0) is 9.53 Å². The van der Waals surface area contributed by atoms with E-state index in [0.717, 1.165) is 31.6 Å². The minimum absolute atomic E-state index is 0.0395. The topological polar surface area (TPSA) is 41.6 Å². The molecule has 1 aliphatic heterocycles. The van der Waals surface area contributed by atoms with Crippen molar-refractivity contribution in [3.05, 3.63) is 30.3 Å². The number of rotatable bonds is 3. The van der Waals surface area contributed by atoms with Crippen molar-refractivity contribution in [1.82, 2.24) is 5.32 Å². The average Bonchev–Trinajstić information content (AvgIpc) is 2.47. The van der Waals surface area contributed by atoms with Gasteiger partial charge in [0.05, 0.1) is 0 Å². The first-order valence-corrected chi connectivity index (χ1v) is 6.29. The van der Waals surface area contributed by atoms with Crippen LogP contribution in [0, 0.1) is 0 Å². The van der Waals surface area contributed by atoms with Gasteiger partial charge in [0.25, 0.3) is 5.91 Å². The summed E-state index contributed by atoms with van der Waals surface area (Å²) < 4.78 is 5.55. The Bertz CT molecular complexity index is 400. The van der Waals surface area contributed by atoms with Crippen LogP contribution in [0.2, 0.25) is 0 Å². The monoisotopic (exact) mass is 248 g/mol. The van der Waals surface area contributed by atoms with Crippen molar-refractivity contribution in [3.8, 4) is 0 Å². The first kappa shape index (κ1) is 13.1. The van der Waals surface area contributed by atoms with Gasteiger partial charge in [-0.05, 0) is 38.1 Å². The maximum atomic E-state index is 12.6. The minimum atomic E-state index is -0.671. The fourth-order valence-electron chi connectivity index (χ4n) is 2.41. The van der Waals surface area contributed by atoms with E-state index in [0.29, 0.717) is 0 Å². The van der Waals surface area contributed by atoms with E-state index in [1.807, 2.05) is 30.3 Å². The van der Waals surface area contributed by atoms with Crippen molar-refractivity contribution in [2.24, 2.45) is 0 Å². The van der Waals surface area contributed by atoms with Crippen LogP contribution in [-0.4, -0.2) is 38.8 Å². The molecule has 4 nitrogen and oxygen atoms in total. The van der Waals surface area contributed by atoms with Gasteiger partial charge in [-0.25, -0.2) is 0 Å². The Labute approximate surface area is 108 Å². The maximum absolute atomic E-state index is 12.6. The molecule has 0 spiro atoms. The highest BCUT2D eigenvalue weighted by atomic mass is 16.5. The third-order valence-corrected chi connectivity index (χ3v) is 3.64. The molecule has 0 saturated carbocycles. The third-order valence-electron chi connectivity index (χ3n) is 3.64. The molecule has 2 rings (SSSR count). The van der Waals surface area contributed by atoms with Crippen molar-refractivity contribution < 1.29 is 9.53 Å². The van der Waals surface area contributed by atoms with Crippen LogP contribution >= 0.6 is 0 Å². The molecule has 0 bridgehead atoms. The van der Waals surface area contributed by atoms with Crippen LogP contribution in [0.15, 0.2) is 30.3 Å². The summed E-state index contributed by atoms with van der Waals surface area (Å²) in [4.78, 5) is 14.3. The number of piperidine rings is 1. The van der Waals surface area contributed by atoms with E-state index in [-0.39, 0.29) is 5.91 Å². The zero-order valence-electron chi connectivity index (χ0n) is 11.0. The molecule has 1 aromatic rings. The largest absolute Gasteiger partial charge is 0.368 e. The number of para-hydroxylation sites is 1. The predicted octanol–water partition coefficient (Wildman–Crippen LogP) is 1.42. The average molecular weight is 248 g/mol. The number of nitrogens with one attached hydrogen (secondary N) is 1. The Hall–Kier alpha value is -1.39. The van der Waals surface area contributed by atoms with E-state index in [1.165, 1.54) is 0 Å². The SMILES string of the molecule is COC1(C(=O)N(C)c2ccccc2)CCNCC1. The number of likely N-dealkylation sites (N-methyl/N-ethyl adjacent to an activating group) is 1. The van der Waals surface area contributed by atoms with Crippen molar-refractivity contribution >= 4 is 11.6 Å². The van der Waals surface area contributed by atoms with Crippen LogP contribution in [0.4, 0.5) is 5.69 Å². The van der Waals surface area contributed by atoms with Crippen molar-refractivity contribution in [3.63, 3.8) is 0 Å². The van der Waals surface area contributed by atoms with Crippen molar-refractivity contribution in [2.75, 3.05) is 32.1 Å². The van der Waals surface area contributed by atoms with Gasteiger partial charge in [0.1, 0.15) is 5.60 Å². The van der Waals surface area contributed by atoms with E-state index in [2.05, 4.69) is 5.32 Å². The molecule has 0 atom stereocenters. The molecule has 4 heteroatoms. The molecular formula is C14H20N2O2. The van der Waals surface area contributed by atoms with Gasteiger partial charge in [-0.3, -0.25) is 4.79 Å². The standard InChI is InChI=1S/C14H20N2O2/c1-16(12-6-4-3-5-7-12)13(17)14(18-2)8-10-15-11-9-14/h3-7,15H,8-11H2,1-2H3.